The first-order valence-corrected chi connectivity index (χ1v) is 10.4. The number of likely N-dealkylation sites (tertiary alicyclic amines) is 1. The van der Waals surface area contributed by atoms with E-state index in [9.17, 15) is 4.79 Å². The Morgan fingerprint density at radius 3 is 2.86 bits per heavy atom. The van der Waals surface area contributed by atoms with Crippen LogP contribution < -0.4 is 5.56 Å². The zero-order chi connectivity index (χ0) is 19.6. The van der Waals surface area contributed by atoms with Crippen molar-refractivity contribution in [2.75, 3.05) is 13.1 Å². The monoisotopic (exact) mass is 391 g/mol. The van der Waals surface area contributed by atoms with Gasteiger partial charge < -0.3 is 4.57 Å². The van der Waals surface area contributed by atoms with Gasteiger partial charge in [-0.3, -0.25) is 14.7 Å². The van der Waals surface area contributed by atoms with Crippen molar-refractivity contribution >= 4 is 0 Å². The minimum Gasteiger partial charge on any atom is -0.314 e. The number of hydrogen-bond acceptors (Lipinski definition) is 6. The van der Waals surface area contributed by atoms with E-state index in [1.54, 1.807) is 29.2 Å². The molecule has 1 saturated heterocycles. The van der Waals surface area contributed by atoms with Crippen LogP contribution in [0.3, 0.4) is 0 Å². The Balaban J connectivity index is 1.21. The summed E-state index contributed by atoms with van der Waals surface area (Å²) in [6, 6.07) is 7.19. The third kappa shape index (κ3) is 3.85. The van der Waals surface area contributed by atoms with Crippen LogP contribution in [-0.2, 0) is 26.1 Å². The zero-order valence-electron chi connectivity index (χ0n) is 16.4. The average molecular weight is 391 g/mol. The summed E-state index contributed by atoms with van der Waals surface area (Å²) in [5.74, 6) is 2.64. The first-order chi connectivity index (χ1) is 14.3. The van der Waals surface area contributed by atoms with Gasteiger partial charge in [0.1, 0.15) is 11.6 Å². The Morgan fingerprint density at radius 1 is 1.07 bits per heavy atom. The van der Waals surface area contributed by atoms with Gasteiger partial charge in [-0.15, -0.1) is 10.2 Å². The zero-order valence-corrected chi connectivity index (χ0v) is 16.4. The molecule has 0 aromatic carbocycles. The van der Waals surface area contributed by atoms with Crippen molar-refractivity contribution in [3.63, 3.8) is 0 Å². The van der Waals surface area contributed by atoms with Gasteiger partial charge in [-0.1, -0.05) is 6.42 Å². The van der Waals surface area contributed by atoms with Crippen molar-refractivity contribution in [2.45, 2.75) is 45.3 Å². The maximum absolute atomic E-state index is 12.3. The van der Waals surface area contributed by atoms with Crippen LogP contribution in [0, 0.1) is 5.92 Å². The fourth-order valence-corrected chi connectivity index (χ4v) is 4.28. The summed E-state index contributed by atoms with van der Waals surface area (Å²) in [5, 5.41) is 13.4. The SMILES string of the molecule is O=c1ccc(-c2cccnc2)nn1CC1CN(Cc2nnc3n2CCCCC3)C1. The molecule has 5 rings (SSSR count). The van der Waals surface area contributed by atoms with E-state index < -0.39 is 0 Å². The number of fused-ring (bicyclic) bond motifs is 1. The molecular formula is C21H25N7O. The molecule has 5 heterocycles. The molecule has 0 amide bonds. The Morgan fingerprint density at radius 2 is 2.00 bits per heavy atom. The van der Waals surface area contributed by atoms with E-state index in [0.717, 1.165) is 55.5 Å². The molecule has 0 atom stereocenters. The average Bonchev–Trinajstić information content (AvgIpc) is 2.94. The summed E-state index contributed by atoms with van der Waals surface area (Å²) < 4.78 is 3.90. The molecule has 0 spiro atoms. The number of aryl methyl sites for hydroxylation is 1. The first kappa shape index (κ1) is 18.2. The molecule has 0 N–H and O–H groups in total. The summed E-state index contributed by atoms with van der Waals surface area (Å²) in [6.07, 6.45) is 8.23. The van der Waals surface area contributed by atoms with Gasteiger partial charge in [0.15, 0.2) is 0 Å². The lowest BCUT2D eigenvalue weighted by Gasteiger charge is -2.38. The lowest BCUT2D eigenvalue weighted by atomic mass is 10.0. The van der Waals surface area contributed by atoms with Gasteiger partial charge in [-0.05, 0) is 31.0 Å². The molecule has 2 aliphatic heterocycles. The van der Waals surface area contributed by atoms with Gasteiger partial charge in [0.25, 0.3) is 5.56 Å². The molecule has 8 heteroatoms. The van der Waals surface area contributed by atoms with Crippen molar-refractivity contribution in [3.8, 4) is 11.3 Å². The lowest BCUT2D eigenvalue weighted by Crippen LogP contribution is -2.49. The highest BCUT2D eigenvalue weighted by Gasteiger charge is 2.29. The topological polar surface area (TPSA) is 81.7 Å². The molecule has 0 aliphatic carbocycles. The minimum absolute atomic E-state index is 0.0566. The van der Waals surface area contributed by atoms with Gasteiger partial charge in [0.2, 0.25) is 0 Å². The predicted octanol–water partition coefficient (Wildman–Crippen LogP) is 1.76. The highest BCUT2D eigenvalue weighted by Crippen LogP contribution is 2.22. The van der Waals surface area contributed by atoms with E-state index in [1.807, 2.05) is 12.1 Å². The van der Waals surface area contributed by atoms with Crippen molar-refractivity contribution < 1.29 is 0 Å². The summed E-state index contributed by atoms with van der Waals surface area (Å²) in [5.41, 5.74) is 1.64. The van der Waals surface area contributed by atoms with E-state index in [4.69, 9.17) is 0 Å². The molecule has 0 saturated carbocycles. The van der Waals surface area contributed by atoms with Crippen molar-refractivity contribution in [3.05, 3.63) is 58.7 Å². The van der Waals surface area contributed by atoms with Crippen molar-refractivity contribution in [2.24, 2.45) is 5.92 Å². The molecule has 3 aromatic heterocycles. The molecule has 3 aromatic rings. The quantitative estimate of drug-likeness (QED) is 0.659. The maximum Gasteiger partial charge on any atom is 0.266 e. The predicted molar refractivity (Wildman–Crippen MR) is 108 cm³/mol. The third-order valence-electron chi connectivity index (χ3n) is 5.84. The van der Waals surface area contributed by atoms with E-state index in [1.165, 1.54) is 19.3 Å². The molecule has 1 fully saturated rings. The molecule has 2 aliphatic rings. The fourth-order valence-electron chi connectivity index (χ4n) is 4.28. The van der Waals surface area contributed by atoms with E-state index >= 15 is 0 Å². The molecule has 8 nitrogen and oxygen atoms in total. The number of aromatic nitrogens is 6. The van der Waals surface area contributed by atoms with Gasteiger partial charge in [-0.25, -0.2) is 4.68 Å². The second-order valence-corrected chi connectivity index (χ2v) is 8.04. The summed E-state index contributed by atoms with van der Waals surface area (Å²) in [4.78, 5) is 18.8. The molecule has 29 heavy (non-hydrogen) atoms. The first-order valence-electron chi connectivity index (χ1n) is 10.4. The molecule has 0 bridgehead atoms. The Labute approximate surface area is 169 Å². The van der Waals surface area contributed by atoms with Crippen LogP contribution in [0.15, 0.2) is 41.5 Å². The van der Waals surface area contributed by atoms with Crippen molar-refractivity contribution in [1.82, 2.24) is 34.4 Å². The summed E-state index contributed by atoms with van der Waals surface area (Å²) in [7, 11) is 0. The highest BCUT2D eigenvalue weighted by molar-refractivity contribution is 5.56. The van der Waals surface area contributed by atoms with E-state index in [-0.39, 0.29) is 5.56 Å². The summed E-state index contributed by atoms with van der Waals surface area (Å²) in [6.45, 7) is 4.42. The maximum atomic E-state index is 12.3. The number of rotatable bonds is 5. The molecular weight excluding hydrogens is 366 g/mol. The molecule has 150 valence electrons. The number of nitrogens with zero attached hydrogens (tertiary/aromatic N) is 7. The Bertz CT molecular complexity index is 1040. The van der Waals surface area contributed by atoms with Gasteiger partial charge in [0.05, 0.1) is 18.8 Å². The summed E-state index contributed by atoms with van der Waals surface area (Å²) >= 11 is 0. The Kier molecular flexibility index (Phi) is 4.93. The van der Waals surface area contributed by atoms with Crippen LogP contribution in [0.5, 0.6) is 0 Å². The van der Waals surface area contributed by atoms with Gasteiger partial charge in [0, 0.05) is 56.0 Å². The second-order valence-electron chi connectivity index (χ2n) is 8.04. The Hall–Kier alpha value is -2.87. The van der Waals surface area contributed by atoms with Crippen LogP contribution in [0.4, 0.5) is 0 Å². The van der Waals surface area contributed by atoms with Crippen LogP contribution in [0.2, 0.25) is 0 Å². The van der Waals surface area contributed by atoms with E-state index in [2.05, 4.69) is 29.7 Å². The number of hydrogen-bond donors (Lipinski definition) is 0. The largest absolute Gasteiger partial charge is 0.314 e. The van der Waals surface area contributed by atoms with Crippen molar-refractivity contribution in [1.29, 1.82) is 0 Å². The lowest BCUT2D eigenvalue weighted by molar-refractivity contribution is 0.0728. The van der Waals surface area contributed by atoms with Crippen LogP contribution in [-0.4, -0.2) is 47.5 Å². The van der Waals surface area contributed by atoms with Gasteiger partial charge >= 0.3 is 0 Å². The third-order valence-corrected chi connectivity index (χ3v) is 5.84. The van der Waals surface area contributed by atoms with Crippen LogP contribution in [0.1, 0.15) is 30.9 Å². The van der Waals surface area contributed by atoms with Crippen LogP contribution >= 0.6 is 0 Å². The second kappa shape index (κ2) is 7.87. The van der Waals surface area contributed by atoms with Gasteiger partial charge in [-0.2, -0.15) is 5.10 Å². The van der Waals surface area contributed by atoms with E-state index in [0.29, 0.717) is 12.5 Å². The minimum atomic E-state index is -0.0566. The highest BCUT2D eigenvalue weighted by atomic mass is 16.1. The normalized spacial score (nSPS) is 17.5. The molecule has 0 unspecified atom stereocenters. The number of pyridine rings is 1. The molecule has 0 radical (unpaired) electrons. The smallest absolute Gasteiger partial charge is 0.266 e. The van der Waals surface area contributed by atoms with Crippen LogP contribution in [0.25, 0.3) is 11.3 Å². The standard InChI is InChI=1S/C21H25N7O/c29-21-8-7-18(17-5-4-9-22-11-17)25-28(21)14-16-12-26(13-16)15-20-24-23-19-6-2-1-3-10-27(19)20/h4-5,7-9,11,16H,1-3,6,10,12-15H2. The fraction of sp³-hybridized carbons (Fsp3) is 0.476.